The average molecular weight is 757 g/mol. The summed E-state index contributed by atoms with van der Waals surface area (Å²) in [4.78, 5) is 57.9. The standard InChI is InChI=1S/C47H36N2O8/c1-47(24-22-30(23-25-47)49-45(52)33-16-20-37(56-4)42-38(57-5)21-17-34(40(33)42)46(49)53)28-10-6-26(7-11-28)27-8-12-29(13-9-27)48-43(50)31-14-18-35(54-2)41-36(55-3)19-15-32(39(31)41)44(48)51/h6-24H,25H2,1-5H3. The molecule has 0 bridgehead atoms. The summed E-state index contributed by atoms with van der Waals surface area (Å²) in [6.45, 7) is 2.12. The maximum absolute atomic E-state index is 13.9. The molecule has 9 rings (SSSR count). The molecule has 6 aromatic rings. The summed E-state index contributed by atoms with van der Waals surface area (Å²) < 4.78 is 22.2. The van der Waals surface area contributed by atoms with Crippen molar-refractivity contribution in [1.29, 1.82) is 0 Å². The first-order chi connectivity index (χ1) is 27.6. The molecule has 282 valence electrons. The predicted molar refractivity (Wildman–Crippen MR) is 217 cm³/mol. The number of imide groups is 2. The molecule has 0 saturated heterocycles. The number of nitrogens with zero attached hydrogens (tertiary/aromatic N) is 2. The van der Waals surface area contributed by atoms with Crippen LogP contribution in [0.4, 0.5) is 5.69 Å². The third-order valence-corrected chi connectivity index (χ3v) is 11.4. The summed E-state index contributed by atoms with van der Waals surface area (Å²) in [6.07, 6.45) is 6.38. The van der Waals surface area contributed by atoms with E-state index < -0.39 is 29.0 Å². The molecular formula is C47H36N2O8. The summed E-state index contributed by atoms with van der Waals surface area (Å²) in [6, 6.07) is 29.2. The number of carbonyl (C=O) groups is 4. The van der Waals surface area contributed by atoms with Crippen LogP contribution >= 0.6 is 0 Å². The van der Waals surface area contributed by atoms with E-state index in [4.69, 9.17) is 18.9 Å². The topological polar surface area (TPSA) is 112 Å². The molecule has 0 fully saturated rings. The highest BCUT2D eigenvalue weighted by molar-refractivity contribution is 6.36. The van der Waals surface area contributed by atoms with Gasteiger partial charge in [0.05, 0.1) is 44.9 Å². The zero-order chi connectivity index (χ0) is 39.7. The number of hydrogen-bond acceptors (Lipinski definition) is 8. The molecule has 1 atom stereocenters. The van der Waals surface area contributed by atoms with Crippen LogP contribution < -0.4 is 23.8 Å². The quantitative estimate of drug-likeness (QED) is 0.142. The fourth-order valence-electron chi connectivity index (χ4n) is 8.34. The normalized spacial score (nSPS) is 17.3. The zero-order valence-corrected chi connectivity index (χ0v) is 31.8. The number of amides is 4. The van der Waals surface area contributed by atoms with Crippen LogP contribution in [-0.4, -0.2) is 57.0 Å². The fraction of sp³-hybridized carbons (Fsp3) is 0.149. The van der Waals surface area contributed by atoms with E-state index in [1.807, 2.05) is 42.5 Å². The molecule has 10 nitrogen and oxygen atoms in total. The number of allylic oxidation sites excluding steroid dienone is 3. The molecule has 1 unspecified atom stereocenters. The Morgan fingerprint density at radius 2 is 0.860 bits per heavy atom. The number of methoxy groups -OCH3 is 4. The molecule has 4 amide bonds. The number of anilines is 1. The maximum atomic E-state index is 13.9. The minimum absolute atomic E-state index is 0.394. The lowest BCUT2D eigenvalue weighted by atomic mass is 9.76. The summed E-state index contributed by atoms with van der Waals surface area (Å²) in [7, 11) is 6.17. The van der Waals surface area contributed by atoms with Gasteiger partial charge in [0.1, 0.15) is 23.0 Å². The first-order valence-corrected chi connectivity index (χ1v) is 18.4. The van der Waals surface area contributed by atoms with Gasteiger partial charge in [-0.1, -0.05) is 55.5 Å². The van der Waals surface area contributed by atoms with Gasteiger partial charge < -0.3 is 18.9 Å². The van der Waals surface area contributed by atoms with Gasteiger partial charge in [-0.25, -0.2) is 9.80 Å². The number of ether oxygens (including phenoxy) is 4. The van der Waals surface area contributed by atoms with Gasteiger partial charge in [0.2, 0.25) is 0 Å². The Balaban J connectivity index is 0.939. The van der Waals surface area contributed by atoms with E-state index in [0.717, 1.165) is 16.7 Å². The molecular weight excluding hydrogens is 721 g/mol. The monoisotopic (exact) mass is 756 g/mol. The van der Waals surface area contributed by atoms with Crippen molar-refractivity contribution < 1.29 is 38.1 Å². The van der Waals surface area contributed by atoms with Crippen LogP contribution in [-0.2, 0) is 5.41 Å². The highest BCUT2D eigenvalue weighted by Gasteiger charge is 2.38. The van der Waals surface area contributed by atoms with Crippen LogP contribution in [0.25, 0.3) is 32.7 Å². The van der Waals surface area contributed by atoms with Gasteiger partial charge in [0, 0.05) is 44.1 Å². The smallest absolute Gasteiger partial charge is 0.265 e. The Labute approximate surface area is 328 Å². The molecule has 0 N–H and O–H groups in total. The number of rotatable bonds is 8. The Bertz CT molecular complexity index is 2690. The van der Waals surface area contributed by atoms with Crippen molar-refractivity contribution in [2.45, 2.75) is 18.8 Å². The molecule has 2 heterocycles. The third-order valence-electron chi connectivity index (χ3n) is 11.4. The third kappa shape index (κ3) is 5.24. The maximum Gasteiger partial charge on any atom is 0.265 e. The summed E-state index contributed by atoms with van der Waals surface area (Å²) in [5.41, 5.74) is 5.13. The van der Waals surface area contributed by atoms with E-state index in [1.165, 1.54) is 9.80 Å². The Kier molecular flexibility index (Phi) is 8.24. The molecule has 0 aromatic heterocycles. The molecule has 6 aromatic carbocycles. The van der Waals surface area contributed by atoms with E-state index in [0.29, 0.717) is 84.6 Å². The van der Waals surface area contributed by atoms with Gasteiger partial charge in [0.25, 0.3) is 23.6 Å². The minimum atomic E-state index is -0.422. The Morgan fingerprint density at radius 3 is 1.23 bits per heavy atom. The van der Waals surface area contributed by atoms with Crippen molar-refractivity contribution in [2.24, 2.45) is 0 Å². The minimum Gasteiger partial charge on any atom is -0.496 e. The lowest BCUT2D eigenvalue weighted by molar-refractivity contribution is 0.0665. The zero-order valence-electron chi connectivity index (χ0n) is 31.8. The van der Waals surface area contributed by atoms with Crippen molar-refractivity contribution in [3.8, 4) is 34.1 Å². The molecule has 2 aliphatic heterocycles. The van der Waals surface area contributed by atoms with E-state index in [9.17, 15) is 19.2 Å². The molecule has 3 aliphatic rings. The second-order valence-electron chi connectivity index (χ2n) is 14.4. The van der Waals surface area contributed by atoms with Crippen LogP contribution in [0, 0.1) is 0 Å². The van der Waals surface area contributed by atoms with Gasteiger partial charge in [-0.3, -0.25) is 19.2 Å². The van der Waals surface area contributed by atoms with Crippen molar-refractivity contribution in [2.75, 3.05) is 33.3 Å². The van der Waals surface area contributed by atoms with Crippen molar-refractivity contribution in [3.05, 3.63) is 149 Å². The predicted octanol–water partition coefficient (Wildman–Crippen LogP) is 8.89. The van der Waals surface area contributed by atoms with Crippen molar-refractivity contribution >= 4 is 50.9 Å². The Hall–Kier alpha value is -7.20. The van der Waals surface area contributed by atoms with E-state index in [-0.39, 0.29) is 0 Å². The lowest BCUT2D eigenvalue weighted by Gasteiger charge is -2.33. The van der Waals surface area contributed by atoms with Crippen LogP contribution in [0.15, 0.2) is 121 Å². The van der Waals surface area contributed by atoms with Crippen LogP contribution in [0.1, 0.15) is 60.3 Å². The van der Waals surface area contributed by atoms with Gasteiger partial charge in [0.15, 0.2) is 0 Å². The largest absolute Gasteiger partial charge is 0.496 e. The molecule has 0 saturated carbocycles. The highest BCUT2D eigenvalue weighted by atomic mass is 16.5. The van der Waals surface area contributed by atoms with E-state index >= 15 is 0 Å². The number of hydrogen-bond donors (Lipinski definition) is 0. The second-order valence-corrected chi connectivity index (χ2v) is 14.4. The SMILES string of the molecule is COc1ccc2c3c(ccc(OC)c13)C(=O)N(C1=CCC(C)(c3ccc(-c4ccc(N5C(=O)c6ccc(OC)c7c(OC)ccc(c67)C5=O)cc4)cc3)C=C1)C2=O. The van der Waals surface area contributed by atoms with Gasteiger partial charge in [-0.2, -0.15) is 0 Å². The summed E-state index contributed by atoms with van der Waals surface area (Å²) in [5.74, 6) is 0.438. The molecule has 10 heteroatoms. The average Bonchev–Trinajstić information content (AvgIpc) is 3.25. The summed E-state index contributed by atoms with van der Waals surface area (Å²) >= 11 is 0. The van der Waals surface area contributed by atoms with Crippen LogP contribution in [0.2, 0.25) is 0 Å². The molecule has 0 spiro atoms. The molecule has 57 heavy (non-hydrogen) atoms. The fourth-order valence-corrected chi connectivity index (χ4v) is 8.34. The first-order valence-electron chi connectivity index (χ1n) is 18.4. The number of carbonyl (C=O) groups excluding carboxylic acids is 4. The van der Waals surface area contributed by atoms with E-state index in [1.54, 1.807) is 89.1 Å². The van der Waals surface area contributed by atoms with Gasteiger partial charge in [-0.05, 0) is 89.9 Å². The summed E-state index contributed by atoms with van der Waals surface area (Å²) in [5, 5.41) is 2.23. The number of benzene rings is 6. The molecule has 0 radical (unpaired) electrons. The Morgan fingerprint density at radius 1 is 0.474 bits per heavy atom. The second kappa shape index (κ2) is 13.2. The van der Waals surface area contributed by atoms with Crippen LogP contribution in [0.5, 0.6) is 23.0 Å². The van der Waals surface area contributed by atoms with Crippen LogP contribution in [0.3, 0.4) is 0 Å². The van der Waals surface area contributed by atoms with Gasteiger partial charge >= 0.3 is 0 Å². The van der Waals surface area contributed by atoms with Crippen molar-refractivity contribution in [3.63, 3.8) is 0 Å². The van der Waals surface area contributed by atoms with E-state index in [2.05, 4.69) is 19.1 Å². The molecule has 1 aliphatic carbocycles. The first kappa shape index (κ1) is 35.5. The lowest BCUT2D eigenvalue weighted by Crippen LogP contribution is -2.40. The highest BCUT2D eigenvalue weighted by Crippen LogP contribution is 2.44. The van der Waals surface area contributed by atoms with Crippen molar-refractivity contribution in [1.82, 2.24) is 4.90 Å². The van der Waals surface area contributed by atoms with Gasteiger partial charge in [-0.15, -0.1) is 0 Å².